The number of methoxy groups -OCH3 is 1. The molecule has 0 amide bonds. The van der Waals surface area contributed by atoms with Crippen LogP contribution in [0.15, 0.2) is 48.1 Å². The molecule has 3 atom stereocenters. The zero-order chi connectivity index (χ0) is 23.6. The second kappa shape index (κ2) is 12.9. The van der Waals surface area contributed by atoms with Crippen LogP contribution in [0.1, 0.15) is 65.9 Å². The molecule has 1 aliphatic heterocycles. The first kappa shape index (κ1) is 26.3. The summed E-state index contributed by atoms with van der Waals surface area (Å²) in [5, 5.41) is 0. The number of carbonyl (C=O) groups excluding carboxylic acids is 1. The predicted molar refractivity (Wildman–Crippen MR) is 128 cm³/mol. The van der Waals surface area contributed by atoms with Crippen LogP contribution in [0.3, 0.4) is 0 Å². The largest absolute Gasteiger partial charge is 0.497 e. The first-order valence-electron chi connectivity index (χ1n) is 11.6. The van der Waals surface area contributed by atoms with Crippen LogP contribution in [-0.4, -0.2) is 37.5 Å². The normalized spacial score (nSPS) is 21.8. The summed E-state index contributed by atoms with van der Waals surface area (Å²) in [6.45, 7) is 10.9. The fourth-order valence-corrected chi connectivity index (χ4v) is 3.95. The SMILES string of the molecule is COc1ccc(COC/C(C)=C/CC/C=C/[C@@H]2OC(C)(C)O[C@H]2C[C@H](C)CC(C)=O)cc1. The molecule has 0 N–H and O–H groups in total. The summed E-state index contributed by atoms with van der Waals surface area (Å²) >= 11 is 0. The van der Waals surface area contributed by atoms with Crippen LogP contribution in [0.4, 0.5) is 0 Å². The van der Waals surface area contributed by atoms with Crippen LogP contribution in [-0.2, 0) is 25.6 Å². The van der Waals surface area contributed by atoms with E-state index in [-0.39, 0.29) is 23.9 Å². The van der Waals surface area contributed by atoms with E-state index in [1.165, 1.54) is 5.57 Å². The summed E-state index contributed by atoms with van der Waals surface area (Å²) in [5.41, 5.74) is 2.36. The molecule has 1 fully saturated rings. The minimum Gasteiger partial charge on any atom is -0.497 e. The van der Waals surface area contributed by atoms with E-state index >= 15 is 0 Å². The maximum Gasteiger partial charge on any atom is 0.164 e. The minimum absolute atomic E-state index is 0.0146. The minimum atomic E-state index is -0.590. The van der Waals surface area contributed by atoms with Crippen LogP contribution in [0, 0.1) is 5.92 Å². The van der Waals surface area contributed by atoms with E-state index in [0.29, 0.717) is 19.6 Å². The first-order chi connectivity index (χ1) is 15.2. The molecule has 0 spiro atoms. The van der Waals surface area contributed by atoms with Gasteiger partial charge in [-0.15, -0.1) is 0 Å². The Hall–Kier alpha value is -1.95. The molecule has 32 heavy (non-hydrogen) atoms. The lowest BCUT2D eigenvalue weighted by Gasteiger charge is -2.19. The fourth-order valence-electron chi connectivity index (χ4n) is 3.95. The lowest BCUT2D eigenvalue weighted by atomic mass is 9.95. The number of allylic oxidation sites excluding steroid dienone is 2. The third-order valence-electron chi connectivity index (χ3n) is 5.40. The molecular weight excluding hydrogens is 404 g/mol. The van der Waals surface area contributed by atoms with Crippen molar-refractivity contribution in [3.05, 3.63) is 53.6 Å². The van der Waals surface area contributed by atoms with Crippen molar-refractivity contribution >= 4 is 5.78 Å². The zero-order valence-corrected chi connectivity index (χ0v) is 20.6. The van der Waals surface area contributed by atoms with Crippen molar-refractivity contribution in [2.75, 3.05) is 13.7 Å². The van der Waals surface area contributed by atoms with Crippen molar-refractivity contribution in [3.63, 3.8) is 0 Å². The van der Waals surface area contributed by atoms with E-state index < -0.39 is 5.79 Å². The van der Waals surface area contributed by atoms with Crippen molar-refractivity contribution in [3.8, 4) is 5.75 Å². The van der Waals surface area contributed by atoms with Gasteiger partial charge < -0.3 is 23.7 Å². The Balaban J connectivity index is 1.72. The second-order valence-corrected chi connectivity index (χ2v) is 9.28. The molecule has 0 aromatic heterocycles. The summed E-state index contributed by atoms with van der Waals surface area (Å²) in [4.78, 5) is 11.4. The van der Waals surface area contributed by atoms with Gasteiger partial charge in [0.25, 0.3) is 0 Å². The van der Waals surface area contributed by atoms with Crippen LogP contribution in [0.5, 0.6) is 5.75 Å². The standard InChI is InChI=1S/C27H40O5/c1-20(18-30-19-23-12-14-24(29-6)15-13-23)10-8-7-9-11-25-26(32-27(4,5)31-25)17-21(2)16-22(3)28/h9-15,21,25-26H,7-8,16-19H2,1-6H3/b11-9+,20-10+/t21-,25+,26+/m1/s1. The zero-order valence-electron chi connectivity index (χ0n) is 20.6. The summed E-state index contributed by atoms with van der Waals surface area (Å²) in [6, 6.07) is 7.94. The lowest BCUT2D eigenvalue weighted by molar-refractivity contribution is -0.144. The molecule has 2 rings (SSSR count). The van der Waals surface area contributed by atoms with Gasteiger partial charge in [-0.05, 0) is 70.6 Å². The van der Waals surface area contributed by atoms with Crippen LogP contribution in [0.2, 0.25) is 0 Å². The van der Waals surface area contributed by atoms with E-state index in [1.54, 1.807) is 14.0 Å². The summed E-state index contributed by atoms with van der Waals surface area (Å²) in [5.74, 6) is 0.771. The molecule has 0 aliphatic carbocycles. The molecule has 1 saturated heterocycles. The highest BCUT2D eigenvalue weighted by atomic mass is 16.7. The lowest BCUT2D eigenvalue weighted by Crippen LogP contribution is -2.24. The van der Waals surface area contributed by atoms with Crippen molar-refractivity contribution < 1.29 is 23.7 Å². The van der Waals surface area contributed by atoms with Gasteiger partial charge in [-0.25, -0.2) is 0 Å². The van der Waals surface area contributed by atoms with Gasteiger partial charge in [-0.2, -0.15) is 0 Å². The third kappa shape index (κ3) is 9.68. The van der Waals surface area contributed by atoms with Crippen molar-refractivity contribution in [1.82, 2.24) is 0 Å². The molecule has 1 aliphatic rings. The number of unbranched alkanes of at least 4 members (excludes halogenated alkanes) is 1. The second-order valence-electron chi connectivity index (χ2n) is 9.28. The highest BCUT2D eigenvalue weighted by molar-refractivity contribution is 5.75. The molecule has 1 heterocycles. The Bertz CT molecular complexity index is 763. The summed E-state index contributed by atoms with van der Waals surface area (Å²) < 4.78 is 23.1. The van der Waals surface area contributed by atoms with Gasteiger partial charge in [0.15, 0.2) is 5.79 Å². The Kier molecular flexibility index (Phi) is 10.6. The Morgan fingerprint density at radius 2 is 1.88 bits per heavy atom. The number of benzene rings is 1. The molecule has 178 valence electrons. The smallest absolute Gasteiger partial charge is 0.164 e. The molecule has 1 aromatic carbocycles. The molecule has 0 saturated carbocycles. The maximum atomic E-state index is 11.4. The van der Waals surface area contributed by atoms with Gasteiger partial charge in [-0.3, -0.25) is 0 Å². The molecule has 0 unspecified atom stereocenters. The molecule has 0 bridgehead atoms. The van der Waals surface area contributed by atoms with E-state index in [2.05, 4.69) is 32.1 Å². The maximum absolute atomic E-state index is 11.4. The topological polar surface area (TPSA) is 54.0 Å². The first-order valence-corrected chi connectivity index (χ1v) is 11.6. The Morgan fingerprint density at radius 3 is 2.53 bits per heavy atom. The van der Waals surface area contributed by atoms with Gasteiger partial charge in [0.2, 0.25) is 0 Å². The molecule has 0 radical (unpaired) electrons. The van der Waals surface area contributed by atoms with E-state index in [9.17, 15) is 4.79 Å². The number of hydrogen-bond acceptors (Lipinski definition) is 5. The fraction of sp³-hybridized carbons (Fsp3) is 0.593. The van der Waals surface area contributed by atoms with E-state index in [4.69, 9.17) is 18.9 Å². The molecule has 1 aromatic rings. The summed E-state index contributed by atoms with van der Waals surface area (Å²) in [6.07, 6.45) is 9.72. The highest BCUT2D eigenvalue weighted by Gasteiger charge is 2.40. The van der Waals surface area contributed by atoms with Gasteiger partial charge in [-0.1, -0.05) is 42.9 Å². The Labute approximate surface area is 193 Å². The summed E-state index contributed by atoms with van der Waals surface area (Å²) in [7, 11) is 1.67. The third-order valence-corrected chi connectivity index (χ3v) is 5.40. The number of ether oxygens (including phenoxy) is 4. The van der Waals surface area contributed by atoms with Crippen molar-refractivity contribution in [1.29, 1.82) is 0 Å². The van der Waals surface area contributed by atoms with Gasteiger partial charge >= 0.3 is 0 Å². The highest BCUT2D eigenvalue weighted by Crippen LogP contribution is 2.33. The van der Waals surface area contributed by atoms with Crippen LogP contribution in [0.25, 0.3) is 0 Å². The number of ketones is 1. The average molecular weight is 445 g/mol. The number of hydrogen-bond donors (Lipinski definition) is 0. The van der Waals surface area contributed by atoms with Gasteiger partial charge in [0.1, 0.15) is 17.6 Å². The molecule has 5 heteroatoms. The van der Waals surface area contributed by atoms with Gasteiger partial charge in [0.05, 0.1) is 26.4 Å². The van der Waals surface area contributed by atoms with Crippen LogP contribution >= 0.6 is 0 Å². The molecular formula is C27H40O5. The van der Waals surface area contributed by atoms with Crippen molar-refractivity contribution in [2.24, 2.45) is 5.92 Å². The van der Waals surface area contributed by atoms with Gasteiger partial charge in [0, 0.05) is 6.42 Å². The average Bonchev–Trinajstić information content (AvgIpc) is 3.00. The molecule has 5 nitrogen and oxygen atoms in total. The Morgan fingerprint density at radius 1 is 1.16 bits per heavy atom. The monoisotopic (exact) mass is 444 g/mol. The van der Waals surface area contributed by atoms with Crippen LogP contribution < -0.4 is 4.74 Å². The van der Waals surface area contributed by atoms with Crippen molar-refractivity contribution in [2.45, 2.75) is 84.9 Å². The van der Waals surface area contributed by atoms with E-state index in [0.717, 1.165) is 30.6 Å². The number of rotatable bonds is 13. The predicted octanol–water partition coefficient (Wildman–Crippen LogP) is 6.02. The van der Waals surface area contributed by atoms with E-state index in [1.807, 2.05) is 38.1 Å². The quantitative estimate of drug-likeness (QED) is 0.275. The number of Topliss-reactive ketones (excluding diaryl/α,β-unsaturated/α-hetero) is 1. The number of carbonyl (C=O) groups is 1.